The van der Waals surface area contributed by atoms with Gasteiger partial charge in [-0.3, -0.25) is 10.1 Å². The number of nitrogens with one attached hydrogen (secondary N) is 1. The Morgan fingerprint density at radius 3 is 2.53 bits per heavy atom. The molecule has 84 valence electrons. The third-order valence-electron chi connectivity index (χ3n) is 2.17. The molecule has 6 heteroatoms. The zero-order valence-corrected chi connectivity index (χ0v) is 9.32. The predicted octanol–water partition coefficient (Wildman–Crippen LogP) is 1.02. The normalized spacial score (nSPS) is 17.2. The Hall–Kier alpha value is -2.32. The lowest BCUT2D eigenvalue weighted by Crippen LogP contribution is -2.30. The maximum Gasteiger partial charge on any atom is 0.278 e. The molecule has 5 nitrogen and oxygen atoms in total. The summed E-state index contributed by atoms with van der Waals surface area (Å²) in [5.74, 6) is -0.485. The van der Waals surface area contributed by atoms with E-state index in [-0.39, 0.29) is 17.2 Å². The summed E-state index contributed by atoms with van der Waals surface area (Å²) < 4.78 is 0. The molecule has 0 aromatic heterocycles. The summed E-state index contributed by atoms with van der Waals surface area (Å²) in [5.41, 5.74) is 6.12. The number of allylic oxidation sites excluding steroid dienone is 1. The van der Waals surface area contributed by atoms with Gasteiger partial charge in [0.05, 0.1) is 5.57 Å². The smallest absolute Gasteiger partial charge is 0.278 e. The molecule has 0 fully saturated rings. The van der Waals surface area contributed by atoms with Gasteiger partial charge in [0.15, 0.2) is 5.70 Å². The van der Waals surface area contributed by atoms with E-state index in [4.69, 9.17) is 22.6 Å². The van der Waals surface area contributed by atoms with E-state index in [1.807, 2.05) is 6.07 Å². The van der Waals surface area contributed by atoms with Gasteiger partial charge in [-0.15, -0.1) is 0 Å². The highest BCUT2D eigenvalue weighted by atomic mass is 35.5. The van der Waals surface area contributed by atoms with E-state index in [9.17, 15) is 4.79 Å². The van der Waals surface area contributed by atoms with Crippen molar-refractivity contribution < 1.29 is 4.79 Å². The fraction of sp³-hybridized carbons (Fsp3) is 0. The molecule has 0 radical (unpaired) electrons. The van der Waals surface area contributed by atoms with Gasteiger partial charge in [0.1, 0.15) is 6.07 Å². The number of nitrogens with zero attached hydrogens (tertiary/aromatic N) is 2. The van der Waals surface area contributed by atoms with Crippen LogP contribution in [-0.4, -0.2) is 11.9 Å². The fourth-order valence-electron chi connectivity index (χ4n) is 1.41. The highest BCUT2D eigenvalue weighted by Crippen LogP contribution is 2.22. The Kier molecular flexibility index (Phi) is 2.81. The van der Waals surface area contributed by atoms with Crippen LogP contribution in [0.5, 0.6) is 0 Å². The van der Waals surface area contributed by atoms with Crippen molar-refractivity contribution in [3.63, 3.8) is 0 Å². The molecule has 2 rings (SSSR count). The number of carbonyl (C=O) groups excluding carboxylic acids is 1. The maximum absolute atomic E-state index is 11.5. The largest absolute Gasteiger partial charge is 0.369 e. The summed E-state index contributed by atoms with van der Waals surface area (Å²) in [6, 6.07) is 8.50. The number of carbonyl (C=O) groups is 1. The van der Waals surface area contributed by atoms with Crippen LogP contribution < -0.4 is 11.1 Å². The van der Waals surface area contributed by atoms with E-state index in [0.717, 1.165) is 0 Å². The third-order valence-corrected chi connectivity index (χ3v) is 2.42. The molecule has 0 atom stereocenters. The summed E-state index contributed by atoms with van der Waals surface area (Å²) in [5, 5.41) is 11.9. The monoisotopic (exact) mass is 246 g/mol. The molecule has 1 aromatic rings. The first-order chi connectivity index (χ1) is 8.11. The zero-order valence-electron chi connectivity index (χ0n) is 8.57. The second-order valence-corrected chi connectivity index (χ2v) is 3.73. The van der Waals surface area contributed by atoms with Crippen molar-refractivity contribution in [1.29, 1.82) is 5.26 Å². The number of amides is 1. The number of halogens is 1. The molecular formula is C11H7ClN4O. The van der Waals surface area contributed by atoms with Gasteiger partial charge in [-0.1, -0.05) is 23.7 Å². The lowest BCUT2D eigenvalue weighted by atomic mass is 10.1. The summed E-state index contributed by atoms with van der Waals surface area (Å²) >= 11 is 5.75. The number of hydrogen-bond donors (Lipinski definition) is 2. The van der Waals surface area contributed by atoms with Crippen molar-refractivity contribution >= 4 is 29.0 Å². The van der Waals surface area contributed by atoms with E-state index >= 15 is 0 Å². The number of rotatable bonds is 1. The minimum atomic E-state index is -0.478. The lowest BCUT2D eigenvalue weighted by molar-refractivity contribution is -0.115. The molecule has 1 aromatic carbocycles. The Balaban J connectivity index is 2.55. The van der Waals surface area contributed by atoms with Crippen molar-refractivity contribution in [2.75, 3.05) is 0 Å². The molecule has 3 N–H and O–H groups in total. The van der Waals surface area contributed by atoms with Crippen LogP contribution >= 0.6 is 11.6 Å². The highest BCUT2D eigenvalue weighted by Gasteiger charge is 2.23. The molecule has 0 spiro atoms. The number of hydrogen-bond acceptors (Lipinski definition) is 4. The Morgan fingerprint density at radius 2 is 2.06 bits per heavy atom. The Morgan fingerprint density at radius 1 is 1.41 bits per heavy atom. The quantitative estimate of drug-likeness (QED) is 0.572. The molecule has 0 bridgehead atoms. The number of benzene rings is 1. The van der Waals surface area contributed by atoms with Gasteiger partial charge in [-0.2, -0.15) is 5.26 Å². The van der Waals surface area contributed by atoms with Gasteiger partial charge in [0.25, 0.3) is 5.91 Å². The number of guanidine groups is 1. The average Bonchev–Trinajstić information content (AvgIpc) is 2.62. The van der Waals surface area contributed by atoms with Crippen LogP contribution in [0, 0.1) is 11.3 Å². The number of nitriles is 1. The van der Waals surface area contributed by atoms with Crippen molar-refractivity contribution in [3.05, 3.63) is 40.5 Å². The van der Waals surface area contributed by atoms with Gasteiger partial charge in [-0.05, 0) is 17.7 Å². The van der Waals surface area contributed by atoms with Crippen molar-refractivity contribution in [2.24, 2.45) is 10.7 Å². The van der Waals surface area contributed by atoms with Crippen molar-refractivity contribution in [1.82, 2.24) is 5.32 Å². The van der Waals surface area contributed by atoms with E-state index < -0.39 is 5.91 Å². The summed E-state index contributed by atoms with van der Waals surface area (Å²) in [6.07, 6.45) is 0. The molecule has 1 aliphatic heterocycles. The Labute approximate surface area is 102 Å². The maximum atomic E-state index is 11.5. The van der Waals surface area contributed by atoms with Crippen LogP contribution in [0.2, 0.25) is 5.02 Å². The molecule has 1 amide bonds. The molecule has 1 heterocycles. The van der Waals surface area contributed by atoms with E-state index in [1.165, 1.54) is 0 Å². The third kappa shape index (κ3) is 2.12. The highest BCUT2D eigenvalue weighted by molar-refractivity contribution is 6.30. The van der Waals surface area contributed by atoms with Crippen LogP contribution in [0.25, 0.3) is 5.57 Å². The van der Waals surface area contributed by atoms with Gasteiger partial charge in [-0.25, -0.2) is 4.99 Å². The van der Waals surface area contributed by atoms with Gasteiger partial charge in [0.2, 0.25) is 5.96 Å². The summed E-state index contributed by atoms with van der Waals surface area (Å²) in [6.45, 7) is 0. The molecule has 17 heavy (non-hydrogen) atoms. The summed E-state index contributed by atoms with van der Waals surface area (Å²) in [7, 11) is 0. The lowest BCUT2D eigenvalue weighted by Gasteiger charge is -2.00. The zero-order chi connectivity index (χ0) is 12.4. The molecular weight excluding hydrogens is 240 g/mol. The summed E-state index contributed by atoms with van der Waals surface area (Å²) in [4.78, 5) is 15.3. The molecule has 0 saturated heterocycles. The molecule has 0 aliphatic carbocycles. The first-order valence-electron chi connectivity index (χ1n) is 4.67. The van der Waals surface area contributed by atoms with Crippen LogP contribution in [0.3, 0.4) is 0 Å². The van der Waals surface area contributed by atoms with Crippen molar-refractivity contribution in [3.8, 4) is 6.07 Å². The van der Waals surface area contributed by atoms with Crippen LogP contribution in [0.1, 0.15) is 5.56 Å². The number of aliphatic imine (C=N–C) groups is 1. The van der Waals surface area contributed by atoms with Gasteiger partial charge >= 0.3 is 0 Å². The first-order valence-corrected chi connectivity index (χ1v) is 5.05. The number of nitrogens with two attached hydrogens (primary N) is 1. The van der Waals surface area contributed by atoms with E-state index in [1.54, 1.807) is 24.3 Å². The minimum absolute atomic E-state index is 0.00767. The topological polar surface area (TPSA) is 91.3 Å². The molecule has 0 unspecified atom stereocenters. The standard InChI is InChI=1S/C11H7ClN4O/c12-7-3-1-6(2-4-7)8(5-13)9-10(17)16-11(14)15-9/h1-4H,(H3,14,15,16,17)/b9-8+. The Bertz CT molecular complexity index is 580. The van der Waals surface area contributed by atoms with Crippen molar-refractivity contribution in [2.45, 2.75) is 0 Å². The minimum Gasteiger partial charge on any atom is -0.369 e. The van der Waals surface area contributed by atoms with Crippen LogP contribution in [-0.2, 0) is 4.79 Å². The predicted molar refractivity (Wildman–Crippen MR) is 63.8 cm³/mol. The van der Waals surface area contributed by atoms with E-state index in [2.05, 4.69) is 10.3 Å². The van der Waals surface area contributed by atoms with Gasteiger partial charge < -0.3 is 5.73 Å². The van der Waals surface area contributed by atoms with Crippen LogP contribution in [0.15, 0.2) is 35.0 Å². The SMILES string of the molecule is N#C/C(=C1\N=C(N)NC1=O)c1ccc(Cl)cc1. The fourth-order valence-corrected chi connectivity index (χ4v) is 1.54. The first kappa shape index (κ1) is 11.2. The van der Waals surface area contributed by atoms with Gasteiger partial charge in [0, 0.05) is 5.02 Å². The second kappa shape index (κ2) is 4.28. The second-order valence-electron chi connectivity index (χ2n) is 3.29. The average molecular weight is 247 g/mol. The van der Waals surface area contributed by atoms with Crippen LogP contribution in [0.4, 0.5) is 0 Å². The molecule has 0 saturated carbocycles. The molecule has 1 aliphatic rings. The van der Waals surface area contributed by atoms with E-state index in [0.29, 0.717) is 10.6 Å².